The first-order valence-corrected chi connectivity index (χ1v) is 11.1. The van der Waals surface area contributed by atoms with E-state index >= 15 is 0 Å². The first-order chi connectivity index (χ1) is 13.2. The predicted octanol–water partition coefficient (Wildman–Crippen LogP) is 6.00. The number of carbonyl (C=O) groups excluding carboxylic acids is 1. The maximum absolute atomic E-state index is 12.1. The number of nitrogens with two attached hydrogens (primary N) is 1. The highest BCUT2D eigenvalue weighted by Crippen LogP contribution is 2.22. The number of carbonyl (C=O) groups is 1. The normalized spacial score (nSPS) is 14.6. The van der Waals surface area contributed by atoms with Crippen molar-refractivity contribution in [1.82, 2.24) is 4.90 Å². The largest absolute Gasteiger partial charge is 0.446 e. The number of hydrogen-bond acceptors (Lipinski definition) is 4. The fraction of sp³-hybridized carbons (Fsp3) is 0.667. The lowest BCUT2D eigenvalue weighted by Crippen LogP contribution is -2.38. The molecule has 0 bridgehead atoms. The monoisotopic (exact) mass is 511 g/mol. The summed E-state index contributed by atoms with van der Waals surface area (Å²) in [6.07, 6.45) is 10.5. The molecule has 0 unspecified atom stereocenters. The Morgan fingerprint density at radius 1 is 1.03 bits per heavy atom. The molecule has 0 spiro atoms. The van der Waals surface area contributed by atoms with E-state index in [-0.39, 0.29) is 37.0 Å². The minimum atomic E-state index is -0.366. The molecule has 1 amide bonds. The van der Waals surface area contributed by atoms with Crippen LogP contribution in [-0.4, -0.2) is 43.3 Å². The van der Waals surface area contributed by atoms with E-state index in [1.54, 1.807) is 0 Å². The van der Waals surface area contributed by atoms with Gasteiger partial charge < -0.3 is 15.4 Å². The van der Waals surface area contributed by atoms with Gasteiger partial charge in [0.2, 0.25) is 0 Å². The van der Waals surface area contributed by atoms with Gasteiger partial charge in [0, 0.05) is 17.6 Å². The summed E-state index contributed by atoms with van der Waals surface area (Å²) in [5, 5.41) is 2.81. The maximum atomic E-state index is 12.1. The number of amides is 1. The lowest BCUT2D eigenvalue weighted by Gasteiger charge is -2.31. The van der Waals surface area contributed by atoms with Gasteiger partial charge in [-0.05, 0) is 66.8 Å². The molecule has 1 aromatic rings. The van der Waals surface area contributed by atoms with E-state index in [1.807, 2.05) is 24.3 Å². The van der Waals surface area contributed by atoms with Crippen LogP contribution >= 0.6 is 40.7 Å². The number of unbranched alkanes of at least 4 members (excludes halogenated alkanes) is 6. The summed E-state index contributed by atoms with van der Waals surface area (Å²) in [6.45, 7) is 4.02. The first kappa shape index (κ1) is 28.5. The molecule has 1 heterocycles. The van der Waals surface area contributed by atoms with Gasteiger partial charge in [-0.1, -0.05) is 44.2 Å². The molecule has 1 aliphatic rings. The number of benzene rings is 1. The van der Waals surface area contributed by atoms with Gasteiger partial charge in [0.1, 0.15) is 6.10 Å². The molecule has 1 aliphatic heterocycles. The van der Waals surface area contributed by atoms with E-state index in [1.165, 1.54) is 45.1 Å². The van der Waals surface area contributed by atoms with Crippen LogP contribution in [0, 0.1) is 0 Å². The smallest absolute Gasteiger partial charge is 0.411 e. The van der Waals surface area contributed by atoms with Crippen LogP contribution in [0.3, 0.4) is 0 Å². The van der Waals surface area contributed by atoms with Gasteiger partial charge in [0.25, 0.3) is 0 Å². The second-order valence-electron chi connectivity index (χ2n) is 7.31. The van der Waals surface area contributed by atoms with Gasteiger partial charge in [-0.3, -0.25) is 5.32 Å². The van der Waals surface area contributed by atoms with Gasteiger partial charge in [-0.15, -0.1) is 24.8 Å². The molecule has 8 heteroatoms. The molecule has 0 saturated carbocycles. The summed E-state index contributed by atoms with van der Waals surface area (Å²) in [4.78, 5) is 14.6. The lowest BCUT2D eigenvalue weighted by molar-refractivity contribution is 0.0584. The Bertz CT molecular complexity index is 558. The van der Waals surface area contributed by atoms with Gasteiger partial charge in [0.15, 0.2) is 0 Å². The molecule has 1 aromatic carbocycles. The number of hydrogen-bond donors (Lipinski definition) is 2. The number of nitrogens with zero attached hydrogens (tertiary/aromatic N) is 1. The summed E-state index contributed by atoms with van der Waals surface area (Å²) in [5.74, 6) is 0. The van der Waals surface area contributed by atoms with Gasteiger partial charge in [-0.2, -0.15) is 0 Å². The Hall–Kier alpha value is -0.530. The van der Waals surface area contributed by atoms with Gasteiger partial charge >= 0.3 is 6.09 Å². The molecule has 3 N–H and O–H groups in total. The van der Waals surface area contributed by atoms with Crippen molar-refractivity contribution in [1.29, 1.82) is 0 Å². The van der Waals surface area contributed by atoms with Crippen molar-refractivity contribution in [3.8, 4) is 0 Å². The third kappa shape index (κ3) is 12.0. The van der Waals surface area contributed by atoms with Crippen molar-refractivity contribution in [3.05, 3.63) is 28.7 Å². The number of para-hydroxylation sites is 1. The van der Waals surface area contributed by atoms with Crippen LogP contribution in [0.5, 0.6) is 0 Å². The average molecular weight is 513 g/mol. The van der Waals surface area contributed by atoms with Gasteiger partial charge in [-0.25, -0.2) is 4.79 Å². The maximum Gasteiger partial charge on any atom is 0.411 e. The number of anilines is 1. The van der Waals surface area contributed by atoms with E-state index in [0.29, 0.717) is 0 Å². The molecule has 1 saturated heterocycles. The summed E-state index contributed by atoms with van der Waals surface area (Å²) in [7, 11) is 0. The molecule has 0 atom stereocenters. The fourth-order valence-corrected chi connectivity index (χ4v) is 3.85. The highest BCUT2D eigenvalue weighted by molar-refractivity contribution is 9.10. The molecule has 2 rings (SSSR count). The molecule has 0 radical (unpaired) electrons. The zero-order chi connectivity index (χ0) is 19.3. The Morgan fingerprint density at radius 3 is 2.24 bits per heavy atom. The van der Waals surface area contributed by atoms with Crippen molar-refractivity contribution < 1.29 is 9.53 Å². The molecule has 29 heavy (non-hydrogen) atoms. The van der Waals surface area contributed by atoms with Crippen molar-refractivity contribution in [3.63, 3.8) is 0 Å². The summed E-state index contributed by atoms with van der Waals surface area (Å²) < 4.78 is 6.44. The second kappa shape index (κ2) is 17.2. The van der Waals surface area contributed by atoms with E-state index in [4.69, 9.17) is 10.5 Å². The summed E-state index contributed by atoms with van der Waals surface area (Å²) >= 11 is 3.43. The minimum Gasteiger partial charge on any atom is -0.446 e. The van der Waals surface area contributed by atoms with E-state index in [9.17, 15) is 4.79 Å². The van der Waals surface area contributed by atoms with Crippen LogP contribution in [0.25, 0.3) is 0 Å². The zero-order valence-corrected chi connectivity index (χ0v) is 20.3. The number of ether oxygens (including phenoxy) is 1. The number of halogens is 3. The molecule has 5 nitrogen and oxygen atoms in total. The molecular formula is C21H36BrCl2N3O2. The quantitative estimate of drug-likeness (QED) is 0.357. The molecule has 0 aliphatic carbocycles. The molecule has 1 fully saturated rings. The molecule has 168 valence electrons. The topological polar surface area (TPSA) is 67.6 Å². The highest BCUT2D eigenvalue weighted by atomic mass is 79.9. The van der Waals surface area contributed by atoms with Crippen LogP contribution in [-0.2, 0) is 4.74 Å². The van der Waals surface area contributed by atoms with Crippen LogP contribution in [0.15, 0.2) is 28.7 Å². The Morgan fingerprint density at radius 2 is 1.62 bits per heavy atom. The molecular weight excluding hydrogens is 477 g/mol. The average Bonchev–Trinajstić information content (AvgIpc) is 2.67. The number of nitrogens with one attached hydrogen (secondary N) is 1. The minimum absolute atomic E-state index is 0. The second-order valence-corrected chi connectivity index (χ2v) is 8.17. The fourth-order valence-electron chi connectivity index (χ4n) is 3.47. The third-order valence-electron chi connectivity index (χ3n) is 5.10. The molecule has 0 aromatic heterocycles. The van der Waals surface area contributed by atoms with E-state index in [0.717, 1.165) is 49.1 Å². The number of piperidine rings is 1. The summed E-state index contributed by atoms with van der Waals surface area (Å²) in [6, 6.07) is 7.55. The SMILES string of the molecule is Cl.Cl.NCCCCCCCCCN1CCC(OC(=O)Nc2ccccc2Br)CC1. The Labute approximate surface area is 196 Å². The van der Waals surface area contributed by atoms with Crippen LogP contribution < -0.4 is 11.1 Å². The van der Waals surface area contributed by atoms with Crippen molar-refractivity contribution in [2.75, 3.05) is 31.5 Å². The Balaban J connectivity index is 0.00000392. The van der Waals surface area contributed by atoms with E-state index < -0.39 is 0 Å². The van der Waals surface area contributed by atoms with Crippen LogP contribution in [0.2, 0.25) is 0 Å². The Kier molecular flexibility index (Phi) is 16.9. The predicted molar refractivity (Wildman–Crippen MR) is 130 cm³/mol. The summed E-state index contributed by atoms with van der Waals surface area (Å²) in [5.41, 5.74) is 6.25. The van der Waals surface area contributed by atoms with Gasteiger partial charge in [0.05, 0.1) is 5.69 Å². The van der Waals surface area contributed by atoms with Crippen molar-refractivity contribution >= 4 is 52.5 Å². The number of likely N-dealkylation sites (tertiary alicyclic amines) is 1. The number of rotatable bonds is 11. The standard InChI is InChI=1S/C21H34BrN3O2.2ClH/c22-19-10-6-7-11-20(19)24-21(26)27-18-12-16-25(17-13-18)15-9-5-3-1-2-4-8-14-23;;/h6-7,10-11,18H,1-5,8-9,12-17,23H2,(H,24,26);2*1H. The highest BCUT2D eigenvalue weighted by Gasteiger charge is 2.22. The van der Waals surface area contributed by atoms with E-state index in [2.05, 4.69) is 26.1 Å². The zero-order valence-electron chi connectivity index (χ0n) is 17.1. The lowest BCUT2D eigenvalue weighted by atomic mass is 10.1. The van der Waals surface area contributed by atoms with Crippen LogP contribution in [0.4, 0.5) is 10.5 Å². The van der Waals surface area contributed by atoms with Crippen LogP contribution in [0.1, 0.15) is 57.8 Å². The van der Waals surface area contributed by atoms with Crippen molar-refractivity contribution in [2.45, 2.75) is 63.9 Å². The first-order valence-electron chi connectivity index (χ1n) is 10.3. The third-order valence-corrected chi connectivity index (χ3v) is 5.79. The van der Waals surface area contributed by atoms with Crippen molar-refractivity contribution in [2.24, 2.45) is 5.73 Å².